The third-order valence-corrected chi connectivity index (χ3v) is 7.00. The molecule has 1 fully saturated rings. The molecule has 1 aliphatic rings. The number of ether oxygens (including phenoxy) is 1. The van der Waals surface area contributed by atoms with Crippen molar-refractivity contribution in [2.45, 2.75) is 10.3 Å². The zero-order chi connectivity index (χ0) is 24.1. The number of nitrogens with zero attached hydrogens (tertiary/aromatic N) is 4. The van der Waals surface area contributed by atoms with Crippen LogP contribution in [0.5, 0.6) is 0 Å². The lowest BCUT2D eigenvalue weighted by atomic mass is 9.97. The van der Waals surface area contributed by atoms with E-state index in [1.807, 2.05) is 30.3 Å². The van der Waals surface area contributed by atoms with E-state index < -0.39 is 5.25 Å². The van der Waals surface area contributed by atoms with Crippen LogP contribution >= 0.6 is 23.4 Å². The van der Waals surface area contributed by atoms with Gasteiger partial charge in [0.2, 0.25) is 5.91 Å². The van der Waals surface area contributed by atoms with Gasteiger partial charge in [-0.05, 0) is 11.6 Å². The van der Waals surface area contributed by atoms with Gasteiger partial charge in [-0.2, -0.15) is 10.5 Å². The van der Waals surface area contributed by atoms with Crippen LogP contribution in [-0.4, -0.2) is 42.1 Å². The monoisotopic (exact) mass is 489 g/mol. The van der Waals surface area contributed by atoms with Crippen LogP contribution in [0.1, 0.15) is 21.9 Å². The summed E-state index contributed by atoms with van der Waals surface area (Å²) in [5.74, 6) is -0.128. The van der Waals surface area contributed by atoms with Crippen LogP contribution in [-0.2, 0) is 9.53 Å². The minimum atomic E-state index is -0.662. The van der Waals surface area contributed by atoms with Crippen LogP contribution in [0.3, 0.4) is 0 Å². The number of thioether (sulfide) groups is 1. The molecule has 1 aromatic heterocycles. The molecule has 0 bridgehead atoms. The first-order valence-electron chi connectivity index (χ1n) is 10.5. The fraction of sp³-hybridized carbons (Fsp3) is 0.200. The van der Waals surface area contributed by atoms with Crippen molar-refractivity contribution in [1.82, 2.24) is 9.88 Å². The smallest absolute Gasteiger partial charge is 0.240 e. The Morgan fingerprint density at radius 3 is 2.35 bits per heavy atom. The van der Waals surface area contributed by atoms with Gasteiger partial charge in [0, 0.05) is 29.2 Å². The molecule has 7 nitrogen and oxygen atoms in total. The number of nitrogens with two attached hydrogens (primary N) is 1. The van der Waals surface area contributed by atoms with Crippen LogP contribution in [0.4, 0.5) is 5.82 Å². The lowest BCUT2D eigenvalue weighted by molar-refractivity contribution is -0.134. The third kappa shape index (κ3) is 4.71. The van der Waals surface area contributed by atoms with E-state index in [0.717, 1.165) is 17.3 Å². The molecule has 0 saturated carbocycles. The maximum atomic E-state index is 13.6. The highest BCUT2D eigenvalue weighted by molar-refractivity contribution is 8.00. The number of hydrogen-bond donors (Lipinski definition) is 1. The highest BCUT2D eigenvalue weighted by Gasteiger charge is 2.31. The number of halogens is 1. The van der Waals surface area contributed by atoms with Crippen LogP contribution < -0.4 is 5.73 Å². The molecule has 0 spiro atoms. The Balaban J connectivity index is 1.85. The molecular formula is C25H20ClN5O2S. The number of aromatic nitrogens is 1. The molecule has 0 aliphatic carbocycles. The second-order valence-electron chi connectivity index (χ2n) is 7.48. The third-order valence-electron chi connectivity index (χ3n) is 5.44. The van der Waals surface area contributed by atoms with E-state index in [4.69, 9.17) is 22.1 Å². The quantitative estimate of drug-likeness (QED) is 0.527. The standard InChI is InChI=1S/C25H20ClN5O2S/c26-20-9-5-4-8-17(20)21-18(14-27)23(29)30-24(19(21)15-28)34-22(16-6-2-1-3-7-16)25(32)31-10-12-33-13-11-31/h1-9,22H,10-13H2,(H2,29,30). The summed E-state index contributed by atoms with van der Waals surface area (Å²) in [6.45, 7) is 1.92. The molecule has 2 N–H and O–H groups in total. The summed E-state index contributed by atoms with van der Waals surface area (Å²) in [6, 6.07) is 20.5. The molecule has 0 radical (unpaired) electrons. The van der Waals surface area contributed by atoms with Crippen molar-refractivity contribution in [2.24, 2.45) is 0 Å². The molecule has 1 atom stereocenters. The number of morpholine rings is 1. The predicted molar refractivity (Wildman–Crippen MR) is 131 cm³/mol. The normalized spacial score (nSPS) is 14.1. The second kappa shape index (κ2) is 10.6. The molecular weight excluding hydrogens is 470 g/mol. The first kappa shape index (κ1) is 23.6. The number of nitrogen functional groups attached to an aromatic ring is 1. The maximum absolute atomic E-state index is 13.6. The van der Waals surface area contributed by atoms with Crippen LogP contribution in [0, 0.1) is 22.7 Å². The fourth-order valence-corrected chi connectivity index (χ4v) is 5.18. The van der Waals surface area contributed by atoms with Gasteiger partial charge in [-0.25, -0.2) is 4.98 Å². The number of nitriles is 2. The summed E-state index contributed by atoms with van der Waals surface area (Å²) in [7, 11) is 0. The summed E-state index contributed by atoms with van der Waals surface area (Å²) in [4.78, 5) is 19.7. The van der Waals surface area contributed by atoms with Crippen molar-refractivity contribution in [1.29, 1.82) is 10.5 Å². The van der Waals surface area contributed by atoms with E-state index >= 15 is 0 Å². The lowest BCUT2D eigenvalue weighted by Gasteiger charge is -2.30. The molecule has 1 saturated heterocycles. The minimum absolute atomic E-state index is 0.0236. The number of pyridine rings is 1. The molecule has 1 amide bonds. The van der Waals surface area contributed by atoms with Gasteiger partial charge in [-0.15, -0.1) is 0 Å². The summed E-state index contributed by atoms with van der Waals surface area (Å²) >= 11 is 7.56. The lowest BCUT2D eigenvalue weighted by Crippen LogP contribution is -2.42. The molecule has 3 aromatic rings. The van der Waals surface area contributed by atoms with Crippen molar-refractivity contribution in [3.8, 4) is 23.3 Å². The first-order valence-corrected chi connectivity index (χ1v) is 11.8. The van der Waals surface area contributed by atoms with Crippen LogP contribution in [0.2, 0.25) is 5.02 Å². The Labute approximate surface area is 206 Å². The number of rotatable bonds is 5. The number of carbonyl (C=O) groups is 1. The molecule has 9 heteroatoms. The number of hydrogen-bond acceptors (Lipinski definition) is 7. The van der Waals surface area contributed by atoms with E-state index in [9.17, 15) is 15.3 Å². The van der Waals surface area contributed by atoms with Crippen molar-refractivity contribution in [3.05, 3.63) is 76.3 Å². The zero-order valence-corrected chi connectivity index (χ0v) is 19.6. The van der Waals surface area contributed by atoms with E-state index in [2.05, 4.69) is 17.1 Å². The van der Waals surface area contributed by atoms with Crippen molar-refractivity contribution in [2.75, 3.05) is 32.0 Å². The van der Waals surface area contributed by atoms with E-state index in [-0.39, 0.29) is 27.9 Å². The number of carbonyl (C=O) groups excluding carboxylic acids is 1. The summed E-state index contributed by atoms with van der Waals surface area (Å²) in [6.07, 6.45) is 0. The Bertz CT molecular complexity index is 1300. The van der Waals surface area contributed by atoms with Gasteiger partial charge in [0.25, 0.3) is 0 Å². The van der Waals surface area contributed by atoms with Gasteiger partial charge in [0.1, 0.15) is 33.8 Å². The SMILES string of the molecule is N#Cc1c(N)nc(SC(C(=O)N2CCOCC2)c2ccccc2)c(C#N)c1-c1ccccc1Cl. The summed E-state index contributed by atoms with van der Waals surface area (Å²) in [5, 5.41) is 19.9. The molecule has 170 valence electrons. The number of amides is 1. The van der Waals surface area contributed by atoms with Gasteiger partial charge in [0.05, 0.1) is 18.8 Å². The molecule has 4 rings (SSSR count). The summed E-state index contributed by atoms with van der Waals surface area (Å²) in [5.41, 5.74) is 7.99. The Hall–Kier alpha value is -3.56. The first-order chi connectivity index (χ1) is 16.5. The fourth-order valence-electron chi connectivity index (χ4n) is 3.77. The van der Waals surface area contributed by atoms with Gasteiger partial charge in [0.15, 0.2) is 0 Å². The average Bonchev–Trinajstić information content (AvgIpc) is 2.88. The molecule has 1 unspecified atom stereocenters. The topological polar surface area (TPSA) is 116 Å². The highest BCUT2D eigenvalue weighted by Crippen LogP contribution is 2.43. The maximum Gasteiger partial charge on any atom is 0.240 e. The molecule has 2 heterocycles. The predicted octanol–water partition coefficient (Wildman–Crippen LogP) is 4.42. The van der Waals surface area contributed by atoms with Gasteiger partial charge in [-0.3, -0.25) is 4.79 Å². The Morgan fingerprint density at radius 1 is 1.06 bits per heavy atom. The van der Waals surface area contributed by atoms with Crippen LogP contribution in [0.25, 0.3) is 11.1 Å². The van der Waals surface area contributed by atoms with Gasteiger partial charge in [-0.1, -0.05) is 71.9 Å². The number of anilines is 1. The zero-order valence-electron chi connectivity index (χ0n) is 18.1. The highest BCUT2D eigenvalue weighted by atomic mass is 35.5. The molecule has 34 heavy (non-hydrogen) atoms. The summed E-state index contributed by atoms with van der Waals surface area (Å²) < 4.78 is 5.39. The van der Waals surface area contributed by atoms with Crippen molar-refractivity contribution in [3.63, 3.8) is 0 Å². The van der Waals surface area contributed by atoms with Crippen molar-refractivity contribution >= 4 is 35.1 Å². The average molecular weight is 490 g/mol. The Kier molecular flexibility index (Phi) is 7.34. The van der Waals surface area contributed by atoms with Crippen molar-refractivity contribution < 1.29 is 9.53 Å². The largest absolute Gasteiger partial charge is 0.383 e. The van der Waals surface area contributed by atoms with E-state index in [0.29, 0.717) is 42.5 Å². The van der Waals surface area contributed by atoms with Crippen LogP contribution in [0.15, 0.2) is 59.6 Å². The van der Waals surface area contributed by atoms with Gasteiger partial charge >= 0.3 is 0 Å². The van der Waals surface area contributed by atoms with E-state index in [1.54, 1.807) is 29.2 Å². The molecule has 2 aromatic carbocycles. The second-order valence-corrected chi connectivity index (χ2v) is 8.98. The Morgan fingerprint density at radius 2 is 1.71 bits per heavy atom. The van der Waals surface area contributed by atoms with Gasteiger partial charge < -0.3 is 15.4 Å². The number of benzene rings is 2. The van der Waals surface area contributed by atoms with E-state index in [1.165, 1.54) is 0 Å². The minimum Gasteiger partial charge on any atom is -0.383 e. The molecule has 1 aliphatic heterocycles.